The van der Waals surface area contributed by atoms with Gasteiger partial charge < -0.3 is 14.8 Å². The minimum atomic E-state index is -0.814. The van der Waals surface area contributed by atoms with Crippen molar-refractivity contribution in [2.75, 3.05) is 39.8 Å². The van der Waals surface area contributed by atoms with Gasteiger partial charge in [0.05, 0.1) is 41.1 Å². The largest absolute Gasteiger partial charge is 0.357 e. The smallest absolute Gasteiger partial charge is 0.295 e. The van der Waals surface area contributed by atoms with Crippen molar-refractivity contribution < 1.29 is 18.8 Å². The van der Waals surface area contributed by atoms with Gasteiger partial charge in [-0.3, -0.25) is 19.3 Å². The molecule has 0 saturated carbocycles. The Balaban J connectivity index is 1.32. The fraction of sp³-hybridized carbons (Fsp3) is 0.429. The van der Waals surface area contributed by atoms with Crippen LogP contribution in [-0.4, -0.2) is 103 Å². The van der Waals surface area contributed by atoms with Crippen LogP contribution in [0, 0.1) is 5.82 Å². The van der Waals surface area contributed by atoms with Crippen LogP contribution in [-0.2, 0) is 9.59 Å². The average molecular weight is 454 g/mol. The summed E-state index contributed by atoms with van der Waals surface area (Å²) in [6, 6.07) is -0.115. The van der Waals surface area contributed by atoms with Crippen molar-refractivity contribution in [1.82, 2.24) is 39.7 Å². The van der Waals surface area contributed by atoms with Gasteiger partial charge in [-0.2, -0.15) is 0 Å². The Morgan fingerprint density at radius 3 is 2.55 bits per heavy atom. The van der Waals surface area contributed by atoms with Gasteiger partial charge in [-0.25, -0.2) is 14.1 Å². The molecule has 12 heteroatoms. The van der Waals surface area contributed by atoms with E-state index in [9.17, 15) is 18.8 Å². The molecule has 1 N–H and O–H groups in total. The summed E-state index contributed by atoms with van der Waals surface area (Å²) < 4.78 is 16.0. The number of fused-ring (bicyclic) bond motifs is 1. The van der Waals surface area contributed by atoms with Crippen molar-refractivity contribution in [2.45, 2.75) is 18.9 Å². The number of aromatic nitrogens is 5. The van der Waals surface area contributed by atoms with E-state index in [1.54, 1.807) is 4.90 Å². The Bertz CT molecular complexity index is 1220. The molecule has 2 saturated heterocycles. The van der Waals surface area contributed by atoms with Crippen molar-refractivity contribution in [3.8, 4) is 5.82 Å². The number of Topliss-reactive ketones (excluding diaryl/α,β-unsaturated/α-hetero) is 1. The van der Waals surface area contributed by atoms with E-state index in [2.05, 4.69) is 25.2 Å². The van der Waals surface area contributed by atoms with Gasteiger partial charge in [0.2, 0.25) is 5.91 Å². The monoisotopic (exact) mass is 454 g/mol. The fourth-order valence-corrected chi connectivity index (χ4v) is 4.59. The van der Waals surface area contributed by atoms with Crippen LogP contribution in [0.25, 0.3) is 16.7 Å². The molecule has 0 spiro atoms. The third-order valence-electron chi connectivity index (χ3n) is 6.41. The maximum absolute atomic E-state index is 14.6. The Labute approximate surface area is 188 Å². The number of amides is 2. The van der Waals surface area contributed by atoms with Crippen LogP contribution in [0.4, 0.5) is 4.39 Å². The molecule has 5 heterocycles. The third-order valence-corrected chi connectivity index (χ3v) is 6.41. The van der Waals surface area contributed by atoms with E-state index in [-0.39, 0.29) is 47.3 Å². The van der Waals surface area contributed by atoms with E-state index in [0.29, 0.717) is 13.1 Å². The molecule has 2 fully saturated rings. The van der Waals surface area contributed by atoms with Gasteiger partial charge in [0.1, 0.15) is 0 Å². The van der Waals surface area contributed by atoms with E-state index in [4.69, 9.17) is 0 Å². The average Bonchev–Trinajstić information content (AvgIpc) is 3.59. The zero-order valence-corrected chi connectivity index (χ0v) is 18.1. The minimum Gasteiger partial charge on any atom is -0.357 e. The van der Waals surface area contributed by atoms with E-state index in [1.165, 1.54) is 28.2 Å². The Morgan fingerprint density at radius 2 is 1.88 bits per heavy atom. The molecule has 33 heavy (non-hydrogen) atoms. The highest BCUT2D eigenvalue weighted by Crippen LogP contribution is 2.26. The molecule has 0 aromatic carbocycles. The normalized spacial score (nSPS) is 19.4. The molecule has 2 amide bonds. The summed E-state index contributed by atoms with van der Waals surface area (Å²) in [5, 5.41) is 7.54. The van der Waals surface area contributed by atoms with E-state index >= 15 is 0 Å². The first kappa shape index (κ1) is 21.2. The number of hydrogen-bond donors (Lipinski definition) is 1. The summed E-state index contributed by atoms with van der Waals surface area (Å²) in [6.07, 6.45) is 7.12. The number of aromatic amines is 1. The highest BCUT2D eigenvalue weighted by atomic mass is 19.1. The highest BCUT2D eigenvalue weighted by molar-refractivity contribution is 6.45. The third kappa shape index (κ3) is 3.65. The number of halogens is 1. The van der Waals surface area contributed by atoms with Gasteiger partial charge in [0.25, 0.3) is 11.7 Å². The molecule has 0 radical (unpaired) electrons. The van der Waals surface area contributed by atoms with Crippen LogP contribution >= 0.6 is 0 Å². The summed E-state index contributed by atoms with van der Waals surface area (Å²) in [4.78, 5) is 50.8. The lowest BCUT2D eigenvalue weighted by Crippen LogP contribution is -2.55. The molecule has 0 aliphatic carbocycles. The topological polar surface area (TPSA) is 120 Å². The molecule has 3 aromatic rings. The van der Waals surface area contributed by atoms with Crippen LogP contribution in [0.1, 0.15) is 23.2 Å². The molecule has 1 atom stereocenters. The summed E-state index contributed by atoms with van der Waals surface area (Å²) >= 11 is 0. The van der Waals surface area contributed by atoms with Gasteiger partial charge in [-0.15, -0.1) is 5.10 Å². The molecule has 0 unspecified atom stereocenters. The molecular formula is C21H23FN8O3. The number of rotatable bonds is 4. The molecule has 0 bridgehead atoms. The van der Waals surface area contributed by atoms with Crippen molar-refractivity contribution >= 4 is 28.5 Å². The zero-order chi connectivity index (χ0) is 23.1. The first-order chi connectivity index (χ1) is 16.0. The van der Waals surface area contributed by atoms with Crippen molar-refractivity contribution in [1.29, 1.82) is 0 Å². The van der Waals surface area contributed by atoms with E-state index < -0.39 is 17.5 Å². The van der Waals surface area contributed by atoms with Crippen LogP contribution in [0.3, 0.4) is 0 Å². The van der Waals surface area contributed by atoms with Gasteiger partial charge in [-0.1, -0.05) is 5.21 Å². The number of likely N-dealkylation sites (N-methyl/N-ethyl adjacent to an activating group) is 1. The maximum atomic E-state index is 14.6. The Kier molecular flexibility index (Phi) is 5.36. The lowest BCUT2D eigenvalue weighted by molar-refractivity contribution is -0.140. The van der Waals surface area contributed by atoms with Crippen molar-refractivity contribution in [3.05, 3.63) is 36.2 Å². The lowest BCUT2D eigenvalue weighted by Gasteiger charge is -2.36. The number of pyridine rings is 1. The maximum Gasteiger partial charge on any atom is 0.295 e. The first-order valence-corrected chi connectivity index (χ1v) is 10.8. The van der Waals surface area contributed by atoms with E-state index in [0.717, 1.165) is 25.6 Å². The predicted molar refractivity (Wildman–Crippen MR) is 114 cm³/mol. The van der Waals surface area contributed by atoms with E-state index in [1.807, 2.05) is 7.05 Å². The van der Waals surface area contributed by atoms with Gasteiger partial charge in [-0.05, 0) is 26.4 Å². The number of ketones is 1. The summed E-state index contributed by atoms with van der Waals surface area (Å²) in [7, 11) is 1.94. The summed E-state index contributed by atoms with van der Waals surface area (Å²) in [5.41, 5.74) is 0.176. The van der Waals surface area contributed by atoms with Crippen LogP contribution in [0.15, 0.2) is 24.8 Å². The number of likely N-dealkylation sites (tertiary alicyclic amines) is 1. The number of hydrogen-bond acceptors (Lipinski definition) is 7. The molecule has 2 aliphatic heterocycles. The van der Waals surface area contributed by atoms with Crippen LogP contribution in [0.5, 0.6) is 0 Å². The molecule has 3 aromatic heterocycles. The number of H-pyrrole nitrogens is 1. The number of carbonyl (C=O) groups is 3. The number of nitrogens with one attached hydrogen (secondary N) is 1. The van der Waals surface area contributed by atoms with Crippen molar-refractivity contribution in [2.24, 2.45) is 0 Å². The quantitative estimate of drug-likeness (QED) is 0.443. The standard InChI is InChI=1S/C21H23FN8O3/c1-27-5-2-3-15(27)20(32)28-7-9-29(10-8-28)21(33)18(31)13-11-23-17-16(13)14(22)12-24-19(17)30-6-4-25-26-30/h4,6,11-12,15,23H,2-3,5,7-10H2,1H3/t15-/m0/s1. The molecule has 11 nitrogen and oxygen atoms in total. The molecule has 5 rings (SSSR count). The van der Waals surface area contributed by atoms with Gasteiger partial charge in [0.15, 0.2) is 11.6 Å². The number of nitrogens with zero attached hydrogens (tertiary/aromatic N) is 7. The summed E-state index contributed by atoms with van der Waals surface area (Å²) in [5.74, 6) is -1.92. The molecular weight excluding hydrogens is 431 g/mol. The number of piperazine rings is 1. The Morgan fingerprint density at radius 1 is 1.12 bits per heavy atom. The molecule has 2 aliphatic rings. The second kappa shape index (κ2) is 8.35. The van der Waals surface area contributed by atoms with Gasteiger partial charge in [0, 0.05) is 32.4 Å². The zero-order valence-electron chi connectivity index (χ0n) is 18.1. The summed E-state index contributed by atoms with van der Waals surface area (Å²) in [6.45, 7) is 2.14. The number of carbonyl (C=O) groups excluding carboxylic acids is 3. The second-order valence-electron chi connectivity index (χ2n) is 8.31. The first-order valence-electron chi connectivity index (χ1n) is 10.8. The predicted octanol–water partition coefficient (Wildman–Crippen LogP) is 0.230. The van der Waals surface area contributed by atoms with Crippen LogP contribution in [0.2, 0.25) is 0 Å². The lowest BCUT2D eigenvalue weighted by atomic mass is 10.1. The molecule has 172 valence electrons. The van der Waals surface area contributed by atoms with Crippen molar-refractivity contribution in [3.63, 3.8) is 0 Å². The van der Waals surface area contributed by atoms with Gasteiger partial charge >= 0.3 is 0 Å². The second-order valence-corrected chi connectivity index (χ2v) is 8.31. The fourth-order valence-electron chi connectivity index (χ4n) is 4.59. The highest BCUT2D eigenvalue weighted by Gasteiger charge is 2.35. The Hall–Kier alpha value is -3.67. The SMILES string of the molecule is CN1CCC[C@H]1C(=O)N1CCN(C(=O)C(=O)c2c[nH]c3c(-n4ccnn4)ncc(F)c23)CC1. The minimum absolute atomic E-state index is 0.0214. The van der Waals surface area contributed by atoms with Crippen LogP contribution < -0.4 is 0 Å².